The van der Waals surface area contributed by atoms with Gasteiger partial charge in [0.2, 0.25) is 0 Å². The van der Waals surface area contributed by atoms with Crippen molar-refractivity contribution in [2.75, 3.05) is 6.61 Å². The maximum atomic E-state index is 11.9. The van der Waals surface area contributed by atoms with Crippen molar-refractivity contribution < 1.29 is 20.1 Å². The first-order valence-electron chi connectivity index (χ1n) is 8.93. The largest absolute Gasteiger partial charge is 0.392 e. The summed E-state index contributed by atoms with van der Waals surface area (Å²) in [5, 5.41) is 29.5. The molecule has 0 bridgehead atoms. The van der Waals surface area contributed by atoms with Crippen LogP contribution >= 0.6 is 0 Å². The number of Topliss-reactive ketones (excluding diaryl/α,β-unsaturated/α-hetero) is 1. The second-order valence-electron chi connectivity index (χ2n) is 5.70. The summed E-state index contributed by atoms with van der Waals surface area (Å²) in [7, 11) is 0. The fourth-order valence-corrected chi connectivity index (χ4v) is 2.26. The molecule has 1 rings (SSSR count). The van der Waals surface area contributed by atoms with Crippen LogP contribution in [0.25, 0.3) is 0 Å². The van der Waals surface area contributed by atoms with Gasteiger partial charge in [0.05, 0.1) is 6.61 Å². The Morgan fingerprint density at radius 2 is 1.71 bits per heavy atom. The number of allylic oxidation sites excluding steroid dienone is 3. The highest BCUT2D eigenvalue weighted by Gasteiger charge is 2.30. The molecule has 0 aromatic heterocycles. The smallest absolute Gasteiger partial charge is 0.185 e. The fraction of sp³-hybridized carbons (Fsp3) is 0.650. The summed E-state index contributed by atoms with van der Waals surface area (Å²) in [6.45, 7) is 15.3. The van der Waals surface area contributed by atoms with E-state index in [1.165, 1.54) is 6.42 Å². The van der Waals surface area contributed by atoms with Crippen LogP contribution in [0.4, 0.5) is 0 Å². The molecule has 0 unspecified atom stereocenters. The minimum atomic E-state index is -1.90. The van der Waals surface area contributed by atoms with Crippen LogP contribution in [0.1, 0.15) is 73.6 Å². The normalized spacial score (nSPS) is 14.7. The van der Waals surface area contributed by atoms with E-state index in [0.717, 1.165) is 0 Å². The Morgan fingerprint density at radius 1 is 1.21 bits per heavy atom. The van der Waals surface area contributed by atoms with Crippen molar-refractivity contribution in [3.63, 3.8) is 0 Å². The predicted octanol–water partition coefficient (Wildman–Crippen LogP) is 4.06. The molecule has 4 heteroatoms. The molecule has 0 heterocycles. The van der Waals surface area contributed by atoms with Crippen molar-refractivity contribution in [2.24, 2.45) is 0 Å². The Labute approximate surface area is 147 Å². The fourth-order valence-electron chi connectivity index (χ4n) is 2.26. The summed E-state index contributed by atoms with van der Waals surface area (Å²) < 4.78 is 0. The summed E-state index contributed by atoms with van der Waals surface area (Å²) in [5.41, 5.74) is 1.85. The van der Waals surface area contributed by atoms with E-state index < -0.39 is 5.79 Å². The van der Waals surface area contributed by atoms with E-state index >= 15 is 0 Å². The third-order valence-electron chi connectivity index (χ3n) is 3.33. The van der Waals surface area contributed by atoms with Crippen LogP contribution < -0.4 is 0 Å². The molecular formula is C20H36O4. The van der Waals surface area contributed by atoms with Gasteiger partial charge in [0.25, 0.3) is 0 Å². The molecule has 0 atom stereocenters. The quantitative estimate of drug-likeness (QED) is 0.659. The summed E-state index contributed by atoms with van der Waals surface area (Å²) in [6, 6.07) is 0. The third-order valence-corrected chi connectivity index (χ3v) is 3.33. The number of carbonyl (C=O) groups excluding carboxylic acids is 1. The third kappa shape index (κ3) is 8.04. The molecule has 3 N–H and O–H groups in total. The number of ketones is 1. The Balaban J connectivity index is 0. The standard InChI is InChI=1S/C15H22O4.C3H8.C2H6/c1-4-7-15(18,19)11-5-6-14(17)13(9-16)12(8-11)10(2)3;1-3-2;1-2/h8,16,18-19H,2,4-7,9H2,1,3H3;3H2,1-2H3;1-2H3. The molecular weight excluding hydrogens is 304 g/mol. The second-order valence-corrected chi connectivity index (χ2v) is 5.70. The lowest BCUT2D eigenvalue weighted by molar-refractivity contribution is -0.135. The summed E-state index contributed by atoms with van der Waals surface area (Å²) >= 11 is 0. The summed E-state index contributed by atoms with van der Waals surface area (Å²) in [6.07, 6.45) is 4.13. The molecule has 0 aliphatic heterocycles. The highest BCUT2D eigenvalue weighted by Crippen LogP contribution is 2.31. The Kier molecular flexibility index (Phi) is 13.7. The topological polar surface area (TPSA) is 77.8 Å². The zero-order valence-corrected chi connectivity index (χ0v) is 16.3. The first-order valence-corrected chi connectivity index (χ1v) is 8.93. The first kappa shape index (κ1) is 25.0. The van der Waals surface area contributed by atoms with Gasteiger partial charge in [-0.2, -0.15) is 0 Å². The number of aliphatic hydroxyl groups is 3. The number of rotatable bonds is 5. The van der Waals surface area contributed by atoms with Crippen LogP contribution in [0.5, 0.6) is 0 Å². The van der Waals surface area contributed by atoms with E-state index in [0.29, 0.717) is 28.7 Å². The van der Waals surface area contributed by atoms with Gasteiger partial charge in [0.1, 0.15) is 0 Å². The Morgan fingerprint density at radius 3 is 2.08 bits per heavy atom. The van der Waals surface area contributed by atoms with Crippen LogP contribution in [-0.4, -0.2) is 33.5 Å². The molecule has 1 aliphatic rings. The number of aliphatic hydroxyl groups excluding tert-OH is 1. The van der Waals surface area contributed by atoms with Crippen LogP contribution in [0.3, 0.4) is 0 Å². The number of hydrogen-bond acceptors (Lipinski definition) is 4. The second kappa shape index (κ2) is 13.1. The molecule has 0 spiro atoms. The van der Waals surface area contributed by atoms with E-state index in [-0.39, 0.29) is 31.7 Å². The molecule has 1 aliphatic carbocycles. The summed E-state index contributed by atoms with van der Waals surface area (Å²) in [4.78, 5) is 11.9. The van der Waals surface area contributed by atoms with Gasteiger partial charge < -0.3 is 15.3 Å². The van der Waals surface area contributed by atoms with Crippen molar-refractivity contribution in [1.29, 1.82) is 0 Å². The van der Waals surface area contributed by atoms with Crippen molar-refractivity contribution in [1.82, 2.24) is 0 Å². The van der Waals surface area contributed by atoms with Gasteiger partial charge >= 0.3 is 0 Å². The van der Waals surface area contributed by atoms with E-state index in [4.69, 9.17) is 0 Å². The van der Waals surface area contributed by atoms with Crippen molar-refractivity contribution in [2.45, 2.75) is 79.4 Å². The van der Waals surface area contributed by atoms with Gasteiger partial charge in [-0.15, -0.1) is 0 Å². The number of carbonyl (C=O) groups is 1. The van der Waals surface area contributed by atoms with Crippen molar-refractivity contribution in [3.8, 4) is 0 Å². The Bertz CT molecular complexity index is 456. The van der Waals surface area contributed by atoms with Crippen molar-refractivity contribution in [3.05, 3.63) is 34.9 Å². The SMILES string of the molecule is C=C(C)C1=C(CO)C(=O)CCC(C(O)(O)CCC)=C1.CC.CCC. The average Bonchev–Trinajstić information content (AvgIpc) is 2.69. The van der Waals surface area contributed by atoms with Crippen LogP contribution in [0.15, 0.2) is 34.9 Å². The monoisotopic (exact) mass is 340 g/mol. The van der Waals surface area contributed by atoms with Gasteiger partial charge in [-0.05, 0) is 30.6 Å². The number of hydrogen-bond donors (Lipinski definition) is 3. The molecule has 0 aromatic carbocycles. The average molecular weight is 341 g/mol. The molecule has 0 fully saturated rings. The molecule has 0 radical (unpaired) electrons. The van der Waals surface area contributed by atoms with Crippen LogP contribution in [-0.2, 0) is 4.79 Å². The van der Waals surface area contributed by atoms with E-state index in [1.54, 1.807) is 13.0 Å². The summed E-state index contributed by atoms with van der Waals surface area (Å²) in [5.74, 6) is -2.07. The lowest BCUT2D eigenvalue weighted by Gasteiger charge is -2.24. The molecule has 140 valence electrons. The lowest BCUT2D eigenvalue weighted by Crippen LogP contribution is -2.30. The molecule has 0 aromatic rings. The molecule has 0 saturated heterocycles. The van der Waals surface area contributed by atoms with Crippen molar-refractivity contribution >= 4 is 5.78 Å². The zero-order valence-electron chi connectivity index (χ0n) is 16.3. The van der Waals surface area contributed by atoms with Gasteiger partial charge in [-0.25, -0.2) is 0 Å². The molecule has 4 nitrogen and oxygen atoms in total. The molecule has 0 saturated carbocycles. The Hall–Kier alpha value is -1.23. The van der Waals surface area contributed by atoms with E-state index in [2.05, 4.69) is 20.4 Å². The minimum Gasteiger partial charge on any atom is -0.392 e. The van der Waals surface area contributed by atoms with Gasteiger partial charge in [-0.3, -0.25) is 4.79 Å². The van der Waals surface area contributed by atoms with Gasteiger partial charge in [0, 0.05) is 18.4 Å². The van der Waals surface area contributed by atoms with Crippen LogP contribution in [0.2, 0.25) is 0 Å². The molecule has 24 heavy (non-hydrogen) atoms. The van der Waals surface area contributed by atoms with E-state index in [9.17, 15) is 20.1 Å². The van der Waals surface area contributed by atoms with Crippen LogP contribution in [0, 0.1) is 0 Å². The van der Waals surface area contributed by atoms with Gasteiger partial charge in [0.15, 0.2) is 11.6 Å². The highest BCUT2D eigenvalue weighted by molar-refractivity contribution is 5.98. The maximum Gasteiger partial charge on any atom is 0.185 e. The highest BCUT2D eigenvalue weighted by atomic mass is 16.5. The molecule has 0 amide bonds. The predicted molar refractivity (Wildman–Crippen MR) is 101 cm³/mol. The lowest BCUT2D eigenvalue weighted by atomic mass is 9.95. The van der Waals surface area contributed by atoms with Gasteiger partial charge in [-0.1, -0.05) is 59.6 Å². The zero-order chi connectivity index (χ0) is 19.3. The maximum absolute atomic E-state index is 11.9. The first-order chi connectivity index (χ1) is 11.2. The minimum absolute atomic E-state index is 0.168. The van der Waals surface area contributed by atoms with E-state index in [1.807, 2.05) is 20.8 Å².